The molecular formula is C22H23NO6S. The number of aryl methyl sites for hydroxylation is 1. The predicted molar refractivity (Wildman–Crippen MR) is 109 cm³/mol. The highest BCUT2D eigenvalue weighted by Crippen LogP contribution is 2.26. The number of carbonyl (C=O) groups is 2. The van der Waals surface area contributed by atoms with Gasteiger partial charge in [-0.15, -0.1) is 0 Å². The number of nitrogens with zero attached hydrogens (tertiary/aromatic N) is 1. The van der Waals surface area contributed by atoms with Gasteiger partial charge in [0, 0.05) is 31.1 Å². The molecule has 7 nitrogen and oxygen atoms in total. The number of ether oxygens (including phenoxy) is 1. The summed E-state index contributed by atoms with van der Waals surface area (Å²) in [6.45, 7) is 1.36. The number of Topliss-reactive ketones (excluding diaryl/α,β-unsaturated/α-hetero) is 1. The van der Waals surface area contributed by atoms with Crippen molar-refractivity contribution in [1.82, 2.24) is 5.16 Å². The first-order chi connectivity index (χ1) is 14.2. The molecule has 0 bridgehead atoms. The number of rotatable bonds is 7. The Hall–Kier alpha value is -2.92. The summed E-state index contributed by atoms with van der Waals surface area (Å²) in [5.74, 6) is 5.59. The van der Waals surface area contributed by atoms with E-state index in [2.05, 4.69) is 17.0 Å². The number of aromatic nitrogens is 1. The summed E-state index contributed by atoms with van der Waals surface area (Å²) < 4.78 is 33.5. The fourth-order valence-electron chi connectivity index (χ4n) is 2.93. The predicted octanol–water partition coefficient (Wildman–Crippen LogP) is 2.48. The van der Waals surface area contributed by atoms with Crippen molar-refractivity contribution < 1.29 is 27.3 Å². The van der Waals surface area contributed by atoms with E-state index in [1.54, 1.807) is 18.2 Å². The van der Waals surface area contributed by atoms with E-state index in [9.17, 15) is 18.0 Å². The molecule has 1 aromatic carbocycles. The maximum absolute atomic E-state index is 12.7. The molecule has 1 aliphatic carbocycles. The van der Waals surface area contributed by atoms with Crippen molar-refractivity contribution in [2.45, 2.75) is 44.0 Å². The minimum absolute atomic E-state index is 0.00183. The lowest BCUT2D eigenvalue weighted by Crippen LogP contribution is -2.44. The van der Waals surface area contributed by atoms with Crippen molar-refractivity contribution in [1.29, 1.82) is 0 Å². The number of hydrogen-bond acceptors (Lipinski definition) is 7. The highest BCUT2D eigenvalue weighted by atomic mass is 32.2. The highest BCUT2D eigenvalue weighted by Gasteiger charge is 2.45. The van der Waals surface area contributed by atoms with Crippen LogP contribution in [0.1, 0.15) is 43.2 Å². The molecule has 1 aliphatic rings. The molecule has 0 radical (unpaired) electrons. The Kier molecular flexibility index (Phi) is 6.42. The molecule has 1 saturated carbocycles. The quantitative estimate of drug-likeness (QED) is 0.492. The Labute approximate surface area is 175 Å². The van der Waals surface area contributed by atoms with Gasteiger partial charge in [0.15, 0.2) is 14.6 Å². The lowest BCUT2D eigenvalue weighted by molar-refractivity contribution is -0.147. The van der Waals surface area contributed by atoms with Crippen LogP contribution >= 0.6 is 0 Å². The molecule has 1 heterocycles. The molecule has 0 saturated heterocycles. The first-order valence-corrected chi connectivity index (χ1v) is 11.5. The summed E-state index contributed by atoms with van der Waals surface area (Å²) in [6, 6.07) is 10.7. The maximum Gasteiger partial charge on any atom is 0.327 e. The van der Waals surface area contributed by atoms with E-state index in [0.29, 0.717) is 24.3 Å². The molecule has 0 spiro atoms. The van der Waals surface area contributed by atoms with Crippen molar-refractivity contribution in [3.63, 3.8) is 0 Å². The van der Waals surface area contributed by atoms with Crippen LogP contribution in [-0.4, -0.2) is 36.3 Å². The van der Waals surface area contributed by atoms with Gasteiger partial charge in [0.05, 0.1) is 5.69 Å². The van der Waals surface area contributed by atoms with Gasteiger partial charge in [-0.25, -0.2) is 8.42 Å². The Bertz CT molecular complexity index is 1090. The van der Waals surface area contributed by atoms with Gasteiger partial charge >= 0.3 is 5.97 Å². The van der Waals surface area contributed by atoms with E-state index < -0.39 is 20.6 Å². The Morgan fingerprint density at radius 1 is 1.30 bits per heavy atom. The maximum atomic E-state index is 12.7. The average Bonchev–Trinajstić information content (AvgIpc) is 3.14. The summed E-state index contributed by atoms with van der Waals surface area (Å²) in [5.41, 5.74) is 1.27. The molecule has 0 unspecified atom stereocenters. The van der Waals surface area contributed by atoms with Gasteiger partial charge in [-0.1, -0.05) is 41.4 Å². The number of hydrogen-bond donors (Lipinski definition) is 0. The van der Waals surface area contributed by atoms with Crippen molar-refractivity contribution in [3.05, 3.63) is 53.4 Å². The van der Waals surface area contributed by atoms with Crippen molar-refractivity contribution in [2.24, 2.45) is 5.92 Å². The van der Waals surface area contributed by atoms with Crippen LogP contribution in [0.2, 0.25) is 0 Å². The molecule has 1 fully saturated rings. The number of esters is 1. The molecular weight excluding hydrogens is 406 g/mol. The Morgan fingerprint density at radius 3 is 2.63 bits per heavy atom. The van der Waals surface area contributed by atoms with Crippen molar-refractivity contribution in [3.8, 4) is 11.8 Å². The van der Waals surface area contributed by atoms with Gasteiger partial charge in [-0.3, -0.25) is 9.59 Å². The fraction of sp³-hybridized carbons (Fsp3) is 0.409. The van der Waals surface area contributed by atoms with Gasteiger partial charge in [0.25, 0.3) is 0 Å². The number of sulfone groups is 1. The van der Waals surface area contributed by atoms with E-state index in [4.69, 9.17) is 9.26 Å². The van der Waals surface area contributed by atoms with Crippen LogP contribution in [0.3, 0.4) is 0 Å². The second-order valence-electron chi connectivity index (χ2n) is 7.66. The minimum atomic E-state index is -3.75. The fourth-order valence-corrected chi connectivity index (χ4v) is 3.77. The first kappa shape index (κ1) is 21.8. The van der Waals surface area contributed by atoms with Gasteiger partial charge in [-0.05, 0) is 31.2 Å². The molecule has 0 aliphatic heterocycles. The molecule has 1 aromatic heterocycles. The monoisotopic (exact) mass is 429 g/mol. The summed E-state index contributed by atoms with van der Waals surface area (Å²) in [6.07, 6.45) is 2.15. The lowest BCUT2D eigenvalue weighted by Gasteiger charge is -2.25. The molecule has 0 N–H and O–H groups in total. The van der Waals surface area contributed by atoms with Crippen LogP contribution in [0, 0.1) is 17.8 Å². The standard InChI is InChI=1S/C22H23NO6S/c1-22(30(2,26)27,21(25)28-15-16-6-4-3-5-7-16)11-10-18-14-20(29-23-18)9-8-17-12-19(24)13-17/h3-7,14,17H,10-13,15H2,1-2H3/t22-/m1/s1. The molecule has 8 heteroatoms. The number of benzene rings is 1. The van der Waals surface area contributed by atoms with Crippen molar-refractivity contribution in [2.75, 3.05) is 6.26 Å². The highest BCUT2D eigenvalue weighted by molar-refractivity contribution is 7.92. The summed E-state index contributed by atoms with van der Waals surface area (Å²) in [4.78, 5) is 23.6. The second-order valence-corrected chi connectivity index (χ2v) is 10.1. The average molecular weight is 429 g/mol. The second kappa shape index (κ2) is 8.84. The van der Waals surface area contributed by atoms with Crippen LogP contribution in [0.15, 0.2) is 40.9 Å². The summed E-state index contributed by atoms with van der Waals surface area (Å²) in [7, 11) is -3.75. The van der Waals surface area contributed by atoms with Crippen molar-refractivity contribution >= 4 is 21.6 Å². The van der Waals surface area contributed by atoms with E-state index >= 15 is 0 Å². The molecule has 3 rings (SSSR count). The van der Waals surface area contributed by atoms with Gasteiger partial charge in [0.2, 0.25) is 5.76 Å². The number of carbonyl (C=O) groups excluding carboxylic acids is 2. The normalized spacial score (nSPS) is 16.1. The van der Waals surface area contributed by atoms with E-state index in [1.165, 1.54) is 6.92 Å². The third kappa shape index (κ3) is 5.16. The molecule has 0 amide bonds. The summed E-state index contributed by atoms with van der Waals surface area (Å²) >= 11 is 0. The number of ketones is 1. The lowest BCUT2D eigenvalue weighted by atomic mass is 9.85. The Balaban J connectivity index is 1.63. The van der Waals surface area contributed by atoms with E-state index in [-0.39, 0.29) is 31.1 Å². The van der Waals surface area contributed by atoms with Crippen LogP contribution in [0.25, 0.3) is 0 Å². The zero-order chi connectivity index (χ0) is 21.8. The van der Waals surface area contributed by atoms with Crippen LogP contribution in [-0.2, 0) is 37.2 Å². The Morgan fingerprint density at radius 2 is 2.00 bits per heavy atom. The largest absolute Gasteiger partial charge is 0.460 e. The topological polar surface area (TPSA) is 104 Å². The minimum Gasteiger partial charge on any atom is -0.460 e. The third-order valence-corrected chi connectivity index (χ3v) is 7.24. The van der Waals surface area contributed by atoms with Gasteiger partial charge in [-0.2, -0.15) is 0 Å². The first-order valence-electron chi connectivity index (χ1n) is 9.57. The zero-order valence-corrected chi connectivity index (χ0v) is 17.7. The zero-order valence-electron chi connectivity index (χ0n) is 16.9. The molecule has 158 valence electrons. The van der Waals surface area contributed by atoms with Crippen LogP contribution < -0.4 is 0 Å². The van der Waals surface area contributed by atoms with Crippen LogP contribution in [0.5, 0.6) is 0 Å². The molecule has 2 aromatic rings. The van der Waals surface area contributed by atoms with Gasteiger partial charge in [0.1, 0.15) is 12.4 Å². The SMILES string of the molecule is C[C@@](CCc1cc(C#CC2CC(=O)C2)on1)(C(=O)OCc1ccccc1)S(C)(=O)=O. The molecule has 1 atom stereocenters. The van der Waals surface area contributed by atoms with Gasteiger partial charge < -0.3 is 9.26 Å². The van der Waals surface area contributed by atoms with Crippen LogP contribution in [0.4, 0.5) is 0 Å². The molecule has 30 heavy (non-hydrogen) atoms. The van der Waals surface area contributed by atoms with E-state index in [0.717, 1.165) is 11.8 Å². The third-order valence-electron chi connectivity index (χ3n) is 5.23. The van der Waals surface area contributed by atoms with E-state index in [1.807, 2.05) is 18.2 Å². The summed E-state index contributed by atoms with van der Waals surface area (Å²) in [5, 5.41) is 3.90. The smallest absolute Gasteiger partial charge is 0.327 e.